The third-order valence-electron chi connectivity index (χ3n) is 3.22. The number of hydrogen-bond acceptors (Lipinski definition) is 1. The molecule has 1 N–H and O–H groups in total. The molecule has 0 saturated heterocycles. The smallest absolute Gasteiger partial charge is 0.224 e. The third-order valence-corrected chi connectivity index (χ3v) is 4.53. The highest BCUT2D eigenvalue weighted by Crippen LogP contribution is 2.33. The Morgan fingerprint density at radius 3 is 2.76 bits per heavy atom. The summed E-state index contributed by atoms with van der Waals surface area (Å²) in [4.78, 5) is 11.9. The van der Waals surface area contributed by atoms with Gasteiger partial charge in [0.15, 0.2) is 0 Å². The molecule has 17 heavy (non-hydrogen) atoms. The minimum Gasteiger partial charge on any atom is -0.350 e. The highest BCUT2D eigenvalue weighted by atomic mass is 79.9. The van der Waals surface area contributed by atoms with E-state index in [2.05, 4.69) is 21.2 Å². The molecule has 0 unspecified atom stereocenters. The van der Waals surface area contributed by atoms with Crippen LogP contribution in [0.4, 0.5) is 0 Å². The number of hydrogen-bond donors (Lipinski definition) is 1. The van der Waals surface area contributed by atoms with Gasteiger partial charge in [0.25, 0.3) is 0 Å². The van der Waals surface area contributed by atoms with E-state index in [1.807, 2.05) is 24.3 Å². The zero-order valence-electron chi connectivity index (χ0n) is 9.51. The molecule has 1 aromatic carbocycles. The van der Waals surface area contributed by atoms with E-state index in [1.165, 1.54) is 6.42 Å². The first-order chi connectivity index (χ1) is 8.13. The Balaban J connectivity index is 1.93. The fraction of sp³-hybridized carbons (Fsp3) is 0.462. The van der Waals surface area contributed by atoms with Crippen LogP contribution in [0.3, 0.4) is 0 Å². The van der Waals surface area contributed by atoms with Gasteiger partial charge in [-0.3, -0.25) is 4.79 Å². The Hall–Kier alpha value is -0.540. The second-order valence-electron chi connectivity index (χ2n) is 4.62. The molecule has 0 radical (unpaired) electrons. The van der Waals surface area contributed by atoms with Gasteiger partial charge in [0, 0.05) is 15.9 Å². The highest BCUT2D eigenvalue weighted by Gasteiger charge is 2.36. The Labute approximate surface area is 115 Å². The minimum atomic E-state index is -0.00431. The van der Waals surface area contributed by atoms with E-state index in [9.17, 15) is 4.79 Å². The summed E-state index contributed by atoms with van der Waals surface area (Å²) in [5.41, 5.74) is 0.953. The van der Waals surface area contributed by atoms with Gasteiger partial charge in [0.05, 0.1) is 6.42 Å². The average Bonchev–Trinajstić information content (AvgIpc) is 2.23. The van der Waals surface area contributed by atoms with Crippen LogP contribution < -0.4 is 5.32 Å². The lowest BCUT2D eigenvalue weighted by Gasteiger charge is -2.41. The molecule has 2 rings (SSSR count). The quantitative estimate of drug-likeness (QED) is 0.848. The average molecular weight is 317 g/mol. The topological polar surface area (TPSA) is 29.1 Å². The van der Waals surface area contributed by atoms with Gasteiger partial charge in [0.1, 0.15) is 0 Å². The maximum Gasteiger partial charge on any atom is 0.224 e. The fourth-order valence-electron chi connectivity index (χ4n) is 2.07. The molecule has 92 valence electrons. The molecule has 1 fully saturated rings. The van der Waals surface area contributed by atoms with Gasteiger partial charge in [-0.25, -0.2) is 0 Å². The molecule has 0 bridgehead atoms. The number of amides is 1. The summed E-state index contributed by atoms with van der Waals surface area (Å²) >= 11 is 9.36. The SMILES string of the molecule is O=C(Cc1cccc(Cl)c1)NC1(CBr)CCC1. The van der Waals surface area contributed by atoms with Crippen molar-refractivity contribution in [1.82, 2.24) is 5.32 Å². The lowest BCUT2D eigenvalue weighted by molar-refractivity contribution is -0.123. The van der Waals surface area contributed by atoms with E-state index in [4.69, 9.17) is 11.6 Å². The van der Waals surface area contributed by atoms with Gasteiger partial charge >= 0.3 is 0 Å². The predicted octanol–water partition coefficient (Wildman–Crippen LogP) is 3.32. The first kappa shape index (κ1) is 12.9. The molecule has 0 aromatic heterocycles. The summed E-state index contributed by atoms with van der Waals surface area (Å²) in [6.07, 6.45) is 3.73. The van der Waals surface area contributed by atoms with Crippen LogP contribution in [0, 0.1) is 0 Å². The second-order valence-corrected chi connectivity index (χ2v) is 5.62. The Kier molecular flexibility index (Phi) is 4.10. The summed E-state index contributed by atoms with van der Waals surface area (Å²) in [5, 5.41) is 4.63. The van der Waals surface area contributed by atoms with Gasteiger partial charge in [-0.15, -0.1) is 0 Å². The molecule has 1 aromatic rings. The molecular weight excluding hydrogens is 302 g/mol. The molecule has 0 heterocycles. The number of alkyl halides is 1. The summed E-state index contributed by atoms with van der Waals surface area (Å²) in [7, 11) is 0. The number of rotatable bonds is 4. The third kappa shape index (κ3) is 3.23. The minimum absolute atomic E-state index is 0.00431. The monoisotopic (exact) mass is 315 g/mol. The van der Waals surface area contributed by atoms with Gasteiger partial charge in [-0.1, -0.05) is 39.7 Å². The van der Waals surface area contributed by atoms with Gasteiger partial charge in [-0.2, -0.15) is 0 Å². The van der Waals surface area contributed by atoms with Crippen molar-refractivity contribution in [1.29, 1.82) is 0 Å². The molecule has 0 aliphatic heterocycles. The largest absolute Gasteiger partial charge is 0.350 e. The van der Waals surface area contributed by atoms with Gasteiger partial charge in [-0.05, 0) is 37.0 Å². The maximum atomic E-state index is 11.9. The van der Waals surface area contributed by atoms with Crippen molar-refractivity contribution in [2.24, 2.45) is 0 Å². The van der Waals surface area contributed by atoms with E-state index >= 15 is 0 Å². The Morgan fingerprint density at radius 2 is 2.24 bits per heavy atom. The van der Waals surface area contributed by atoms with Crippen LogP contribution >= 0.6 is 27.5 Å². The Morgan fingerprint density at radius 1 is 1.47 bits per heavy atom. The standard InChI is InChI=1S/C13H15BrClNO/c14-9-13(5-2-6-13)16-12(17)8-10-3-1-4-11(15)7-10/h1,3-4,7H,2,5-6,8-9H2,(H,16,17). The number of benzene rings is 1. The van der Waals surface area contributed by atoms with Crippen molar-refractivity contribution in [2.45, 2.75) is 31.2 Å². The normalized spacial score (nSPS) is 17.3. The van der Waals surface area contributed by atoms with Crippen LogP contribution in [0.1, 0.15) is 24.8 Å². The lowest BCUT2D eigenvalue weighted by Crippen LogP contribution is -2.55. The van der Waals surface area contributed by atoms with Crippen LogP contribution in [0.15, 0.2) is 24.3 Å². The molecule has 0 spiro atoms. The predicted molar refractivity (Wildman–Crippen MR) is 73.7 cm³/mol. The number of carbonyl (C=O) groups is 1. The first-order valence-corrected chi connectivity index (χ1v) is 7.25. The first-order valence-electron chi connectivity index (χ1n) is 5.75. The Bertz CT molecular complexity index is 412. The van der Waals surface area contributed by atoms with Crippen LogP contribution in [0.5, 0.6) is 0 Å². The van der Waals surface area contributed by atoms with Crippen LogP contribution in [-0.4, -0.2) is 16.8 Å². The zero-order valence-corrected chi connectivity index (χ0v) is 11.9. The molecule has 1 amide bonds. The van der Waals surface area contributed by atoms with Crippen molar-refractivity contribution in [3.8, 4) is 0 Å². The summed E-state index contributed by atoms with van der Waals surface area (Å²) in [6, 6.07) is 7.44. The van der Waals surface area contributed by atoms with E-state index < -0.39 is 0 Å². The van der Waals surface area contributed by atoms with E-state index in [1.54, 1.807) is 0 Å². The van der Waals surface area contributed by atoms with Crippen molar-refractivity contribution < 1.29 is 4.79 Å². The van der Waals surface area contributed by atoms with Crippen molar-refractivity contribution in [3.05, 3.63) is 34.9 Å². The van der Waals surface area contributed by atoms with Crippen LogP contribution in [-0.2, 0) is 11.2 Å². The molecule has 1 aliphatic carbocycles. The zero-order chi connectivity index (χ0) is 12.3. The summed E-state index contributed by atoms with van der Waals surface area (Å²) in [5.74, 6) is 0.0754. The second kappa shape index (κ2) is 5.40. The maximum absolute atomic E-state index is 11.9. The van der Waals surface area contributed by atoms with Crippen LogP contribution in [0.2, 0.25) is 5.02 Å². The highest BCUT2D eigenvalue weighted by molar-refractivity contribution is 9.09. The van der Waals surface area contributed by atoms with E-state index in [0.29, 0.717) is 11.4 Å². The summed E-state index contributed by atoms with van der Waals surface area (Å²) < 4.78 is 0. The van der Waals surface area contributed by atoms with Gasteiger partial charge in [0.2, 0.25) is 5.91 Å². The molecule has 0 atom stereocenters. The fourth-order valence-corrected chi connectivity index (χ4v) is 2.98. The molecule has 1 saturated carbocycles. The van der Waals surface area contributed by atoms with Crippen molar-refractivity contribution in [3.63, 3.8) is 0 Å². The van der Waals surface area contributed by atoms with E-state index in [-0.39, 0.29) is 11.4 Å². The van der Waals surface area contributed by atoms with E-state index in [0.717, 1.165) is 23.7 Å². The van der Waals surface area contributed by atoms with Crippen molar-refractivity contribution in [2.75, 3.05) is 5.33 Å². The summed E-state index contributed by atoms with van der Waals surface area (Å²) in [6.45, 7) is 0. The molecule has 1 aliphatic rings. The molecule has 4 heteroatoms. The number of carbonyl (C=O) groups excluding carboxylic acids is 1. The number of halogens is 2. The molecular formula is C13H15BrClNO. The lowest BCUT2D eigenvalue weighted by atomic mass is 9.78. The van der Waals surface area contributed by atoms with Crippen molar-refractivity contribution >= 4 is 33.4 Å². The number of nitrogens with one attached hydrogen (secondary N) is 1. The molecule has 2 nitrogen and oxygen atoms in total. The van der Waals surface area contributed by atoms with Crippen LogP contribution in [0.25, 0.3) is 0 Å². The van der Waals surface area contributed by atoms with Gasteiger partial charge < -0.3 is 5.32 Å².